The number of halogens is 4. The van der Waals surface area contributed by atoms with Gasteiger partial charge in [-0.25, -0.2) is 4.98 Å². The summed E-state index contributed by atoms with van der Waals surface area (Å²) in [6.07, 6.45) is -4.34. The maximum Gasteiger partial charge on any atom is 0.416 e. The van der Waals surface area contributed by atoms with E-state index >= 15 is 0 Å². The number of benzene rings is 3. The van der Waals surface area contributed by atoms with Gasteiger partial charge in [-0.1, -0.05) is 35.9 Å². The molecular formula is C20H11ClF3NO. The molecule has 1 aromatic heterocycles. The summed E-state index contributed by atoms with van der Waals surface area (Å²) >= 11 is 5.94. The summed E-state index contributed by atoms with van der Waals surface area (Å²) in [5.74, 6) is 0.459. The number of alkyl halides is 3. The lowest BCUT2D eigenvalue weighted by molar-refractivity contribution is -0.137. The van der Waals surface area contributed by atoms with Crippen LogP contribution in [0.25, 0.3) is 33.7 Å². The Labute approximate surface area is 151 Å². The van der Waals surface area contributed by atoms with E-state index in [1.54, 1.807) is 18.2 Å². The van der Waals surface area contributed by atoms with E-state index in [1.165, 1.54) is 12.1 Å². The van der Waals surface area contributed by atoms with Crippen molar-refractivity contribution in [3.63, 3.8) is 0 Å². The predicted molar refractivity (Wildman–Crippen MR) is 94.9 cm³/mol. The molecule has 0 aliphatic carbocycles. The maximum absolute atomic E-state index is 12.6. The molecule has 0 aliphatic heterocycles. The Balaban J connectivity index is 1.63. The number of hydrogen-bond donors (Lipinski definition) is 0. The fraction of sp³-hybridized carbons (Fsp3) is 0.0500. The zero-order chi connectivity index (χ0) is 18.3. The van der Waals surface area contributed by atoms with E-state index < -0.39 is 11.7 Å². The average Bonchev–Trinajstić information content (AvgIpc) is 3.04. The van der Waals surface area contributed by atoms with E-state index in [4.69, 9.17) is 16.0 Å². The number of rotatable bonds is 2. The minimum atomic E-state index is -4.34. The van der Waals surface area contributed by atoms with E-state index in [1.807, 2.05) is 24.3 Å². The molecule has 0 aliphatic rings. The van der Waals surface area contributed by atoms with Gasteiger partial charge in [0.25, 0.3) is 0 Å². The van der Waals surface area contributed by atoms with Gasteiger partial charge in [0.1, 0.15) is 5.52 Å². The third-order valence-electron chi connectivity index (χ3n) is 4.03. The number of aromatic nitrogens is 1. The van der Waals surface area contributed by atoms with Gasteiger partial charge in [0.2, 0.25) is 5.89 Å². The molecule has 2 nitrogen and oxygen atoms in total. The van der Waals surface area contributed by atoms with Crippen LogP contribution in [-0.2, 0) is 6.18 Å². The van der Waals surface area contributed by atoms with Crippen molar-refractivity contribution in [1.29, 1.82) is 0 Å². The van der Waals surface area contributed by atoms with Crippen LogP contribution in [0.5, 0.6) is 0 Å². The molecule has 0 atom stereocenters. The summed E-state index contributed by atoms with van der Waals surface area (Å²) in [7, 11) is 0. The zero-order valence-electron chi connectivity index (χ0n) is 13.2. The van der Waals surface area contributed by atoms with Gasteiger partial charge in [-0.2, -0.15) is 13.2 Å². The van der Waals surface area contributed by atoms with E-state index in [2.05, 4.69) is 4.98 Å². The second kappa shape index (κ2) is 6.18. The molecule has 0 amide bonds. The highest BCUT2D eigenvalue weighted by Gasteiger charge is 2.29. The van der Waals surface area contributed by atoms with Gasteiger partial charge in [-0.05, 0) is 47.5 Å². The van der Waals surface area contributed by atoms with E-state index in [0.717, 1.165) is 23.3 Å². The molecule has 6 heteroatoms. The van der Waals surface area contributed by atoms with Crippen LogP contribution in [-0.4, -0.2) is 4.98 Å². The Morgan fingerprint density at radius 1 is 0.769 bits per heavy atom. The molecule has 1 heterocycles. The smallest absolute Gasteiger partial charge is 0.416 e. The van der Waals surface area contributed by atoms with Crippen LogP contribution in [0.4, 0.5) is 13.2 Å². The molecule has 0 N–H and O–H groups in total. The van der Waals surface area contributed by atoms with Crippen LogP contribution in [0, 0.1) is 0 Å². The third kappa shape index (κ3) is 3.18. The topological polar surface area (TPSA) is 26.0 Å². The highest BCUT2D eigenvalue weighted by atomic mass is 35.5. The molecule has 0 saturated carbocycles. The highest BCUT2D eigenvalue weighted by molar-refractivity contribution is 6.31. The number of nitrogens with zero attached hydrogens (tertiary/aromatic N) is 1. The summed E-state index contributed by atoms with van der Waals surface area (Å²) < 4.78 is 43.7. The largest absolute Gasteiger partial charge is 0.436 e. The van der Waals surface area contributed by atoms with Gasteiger partial charge in [-0.15, -0.1) is 0 Å². The van der Waals surface area contributed by atoms with Crippen molar-refractivity contribution in [2.24, 2.45) is 0 Å². The van der Waals surface area contributed by atoms with Crippen molar-refractivity contribution < 1.29 is 17.6 Å². The molecular weight excluding hydrogens is 363 g/mol. The molecule has 0 radical (unpaired) electrons. The molecule has 0 saturated heterocycles. The van der Waals surface area contributed by atoms with Crippen molar-refractivity contribution in [3.05, 3.63) is 77.3 Å². The van der Waals surface area contributed by atoms with Gasteiger partial charge < -0.3 is 4.42 Å². The molecule has 4 rings (SSSR count). The Morgan fingerprint density at radius 3 is 1.96 bits per heavy atom. The standard InChI is InChI=1S/C20H11ClF3NO/c21-16-9-10-17-18(11-16)26-19(25-17)14-3-1-12(2-4-14)13-5-7-15(8-6-13)20(22,23)24/h1-11H. The first kappa shape index (κ1) is 16.7. The normalized spacial score (nSPS) is 11.8. The molecule has 4 aromatic rings. The maximum atomic E-state index is 12.6. The van der Waals surface area contributed by atoms with Crippen molar-refractivity contribution >= 4 is 22.7 Å². The fourth-order valence-corrected chi connectivity index (χ4v) is 2.84. The minimum Gasteiger partial charge on any atom is -0.436 e. The number of oxazole rings is 1. The van der Waals surface area contributed by atoms with Crippen molar-refractivity contribution in [2.75, 3.05) is 0 Å². The number of fused-ring (bicyclic) bond motifs is 1. The van der Waals surface area contributed by atoms with Crippen LogP contribution in [0.3, 0.4) is 0 Å². The Kier molecular flexibility index (Phi) is 3.96. The molecule has 26 heavy (non-hydrogen) atoms. The van der Waals surface area contributed by atoms with Crippen LogP contribution >= 0.6 is 11.6 Å². The molecule has 0 unspecified atom stereocenters. The summed E-state index contributed by atoms with van der Waals surface area (Å²) in [5.41, 5.74) is 2.92. The van der Waals surface area contributed by atoms with Crippen molar-refractivity contribution in [2.45, 2.75) is 6.18 Å². The van der Waals surface area contributed by atoms with E-state index in [9.17, 15) is 13.2 Å². The lowest BCUT2D eigenvalue weighted by Gasteiger charge is -2.08. The third-order valence-corrected chi connectivity index (χ3v) is 4.26. The van der Waals surface area contributed by atoms with Crippen LogP contribution in [0.2, 0.25) is 5.02 Å². The SMILES string of the molecule is FC(F)(F)c1ccc(-c2ccc(-c3nc4ccc(Cl)cc4o3)cc2)cc1. The van der Waals surface area contributed by atoms with E-state index in [0.29, 0.717) is 27.6 Å². The van der Waals surface area contributed by atoms with Gasteiger partial charge >= 0.3 is 6.18 Å². The monoisotopic (exact) mass is 373 g/mol. The predicted octanol–water partition coefficient (Wildman–Crippen LogP) is 6.83. The molecule has 130 valence electrons. The first-order chi connectivity index (χ1) is 12.4. The first-order valence-corrected chi connectivity index (χ1v) is 8.12. The minimum absolute atomic E-state index is 0.459. The second-order valence-electron chi connectivity index (χ2n) is 5.78. The Bertz CT molecular complexity index is 1070. The molecule has 3 aromatic carbocycles. The lowest BCUT2D eigenvalue weighted by Crippen LogP contribution is -2.03. The Hall–Kier alpha value is -2.79. The zero-order valence-corrected chi connectivity index (χ0v) is 14.0. The molecule has 0 fully saturated rings. The van der Waals surface area contributed by atoms with Crippen LogP contribution < -0.4 is 0 Å². The summed E-state index contributed by atoms with van der Waals surface area (Å²) in [5, 5.41) is 0.567. The average molecular weight is 374 g/mol. The summed E-state index contributed by atoms with van der Waals surface area (Å²) in [6.45, 7) is 0. The van der Waals surface area contributed by atoms with Crippen molar-refractivity contribution in [3.8, 4) is 22.6 Å². The molecule has 0 bridgehead atoms. The number of hydrogen-bond acceptors (Lipinski definition) is 2. The summed E-state index contributed by atoms with van der Waals surface area (Å²) in [4.78, 5) is 4.41. The van der Waals surface area contributed by atoms with Gasteiger partial charge in [-0.3, -0.25) is 0 Å². The van der Waals surface area contributed by atoms with Gasteiger partial charge in [0, 0.05) is 16.7 Å². The van der Waals surface area contributed by atoms with Gasteiger partial charge in [0.15, 0.2) is 5.58 Å². The van der Waals surface area contributed by atoms with E-state index in [-0.39, 0.29) is 0 Å². The van der Waals surface area contributed by atoms with Crippen molar-refractivity contribution in [1.82, 2.24) is 4.98 Å². The fourth-order valence-electron chi connectivity index (χ4n) is 2.68. The van der Waals surface area contributed by atoms with Crippen LogP contribution in [0.15, 0.2) is 71.1 Å². The second-order valence-corrected chi connectivity index (χ2v) is 6.22. The van der Waals surface area contributed by atoms with Gasteiger partial charge in [0.05, 0.1) is 5.56 Å². The first-order valence-electron chi connectivity index (χ1n) is 7.74. The quantitative estimate of drug-likeness (QED) is 0.384. The molecule has 0 spiro atoms. The highest BCUT2D eigenvalue weighted by Crippen LogP contribution is 2.32. The summed E-state index contributed by atoms with van der Waals surface area (Å²) in [6, 6.07) is 17.6. The van der Waals surface area contributed by atoms with Crippen LogP contribution in [0.1, 0.15) is 5.56 Å². The lowest BCUT2D eigenvalue weighted by atomic mass is 10.0. The Morgan fingerprint density at radius 2 is 1.35 bits per heavy atom.